The van der Waals surface area contributed by atoms with E-state index < -0.39 is 21.5 Å². The molecule has 0 aliphatic carbocycles. The van der Waals surface area contributed by atoms with Gasteiger partial charge in [-0.05, 0) is 61.9 Å². The van der Waals surface area contributed by atoms with Crippen LogP contribution < -0.4 is 15.2 Å². The van der Waals surface area contributed by atoms with Gasteiger partial charge in [-0.25, -0.2) is 13.1 Å². The molecule has 4 rings (SSSR count). The van der Waals surface area contributed by atoms with Gasteiger partial charge in [-0.1, -0.05) is 41.9 Å². The topological polar surface area (TPSA) is 93.4 Å². The molecule has 0 bridgehead atoms. The fourth-order valence-corrected chi connectivity index (χ4v) is 5.48. The second-order valence-electron chi connectivity index (χ2n) is 8.35. The smallest absolute Gasteiger partial charge is 0.296 e. The van der Waals surface area contributed by atoms with Crippen LogP contribution in [0.2, 0.25) is 5.02 Å². The number of nitrogens with one attached hydrogen (secondary N) is 1. The number of rotatable bonds is 6. The zero-order valence-corrected chi connectivity index (χ0v) is 21.8. The molecule has 1 aromatic heterocycles. The first kappa shape index (κ1) is 25.3. The van der Waals surface area contributed by atoms with Gasteiger partial charge in [0, 0.05) is 19.7 Å². The summed E-state index contributed by atoms with van der Waals surface area (Å²) < 4.78 is 31.0. The summed E-state index contributed by atoms with van der Waals surface area (Å²) in [7, 11) is -1.15. The molecule has 1 N–H and O–H groups in total. The van der Waals surface area contributed by atoms with E-state index in [9.17, 15) is 18.0 Å². The fraction of sp³-hybridized carbons (Fsp3) is 0.154. The van der Waals surface area contributed by atoms with Crippen LogP contribution in [0.5, 0.6) is 0 Å². The lowest BCUT2D eigenvalue weighted by atomic mass is 10.2. The Morgan fingerprint density at radius 1 is 0.972 bits per heavy atom. The zero-order valence-electron chi connectivity index (χ0n) is 20.2. The molecule has 3 aromatic carbocycles. The fourth-order valence-electron chi connectivity index (χ4n) is 3.91. The van der Waals surface area contributed by atoms with Gasteiger partial charge in [-0.15, -0.1) is 0 Å². The van der Waals surface area contributed by atoms with Crippen molar-refractivity contribution in [1.29, 1.82) is 0 Å². The predicted molar refractivity (Wildman–Crippen MR) is 142 cm³/mol. The third kappa shape index (κ3) is 4.55. The van der Waals surface area contributed by atoms with Crippen molar-refractivity contribution in [2.45, 2.75) is 18.7 Å². The number of sulfonamides is 1. The van der Waals surface area contributed by atoms with Crippen molar-refractivity contribution in [3.05, 3.63) is 105 Å². The molecule has 0 spiro atoms. The SMILES string of the molecule is Cc1ccc(NC(=O)c2cccc(S(=O)(=O)N(C)c3c(C)n(C)n(-c4ccccc4)c3=O)c2)c(Cl)c1. The number of aromatic nitrogens is 2. The number of nitrogens with zero attached hydrogens (tertiary/aromatic N) is 3. The standard InChI is InChI=1S/C26H25ClN4O4S/c1-17-13-14-23(22(27)15-17)28-25(32)19-9-8-12-21(16-19)36(34,35)30(4)24-18(2)29(3)31(26(24)33)20-10-6-5-7-11-20/h5-16H,1-4H3,(H,28,32). The third-order valence-electron chi connectivity index (χ3n) is 5.97. The maximum atomic E-state index is 13.5. The molecule has 1 amide bonds. The first-order valence-corrected chi connectivity index (χ1v) is 12.8. The maximum Gasteiger partial charge on any atom is 0.296 e. The molecule has 10 heteroatoms. The van der Waals surface area contributed by atoms with Gasteiger partial charge in [-0.2, -0.15) is 0 Å². The average molecular weight is 525 g/mol. The van der Waals surface area contributed by atoms with Crippen LogP contribution in [0.1, 0.15) is 21.6 Å². The van der Waals surface area contributed by atoms with Crippen molar-refractivity contribution in [2.75, 3.05) is 16.7 Å². The van der Waals surface area contributed by atoms with Crippen LogP contribution in [0.4, 0.5) is 11.4 Å². The number of para-hydroxylation sites is 1. The number of carbonyl (C=O) groups excluding carboxylic acids is 1. The van der Waals surface area contributed by atoms with Crippen LogP contribution in [0, 0.1) is 13.8 Å². The number of anilines is 2. The highest BCUT2D eigenvalue weighted by molar-refractivity contribution is 7.92. The van der Waals surface area contributed by atoms with Crippen LogP contribution in [0.15, 0.2) is 82.5 Å². The Balaban J connectivity index is 1.69. The molecular formula is C26H25ClN4O4S. The van der Waals surface area contributed by atoms with E-state index in [1.807, 2.05) is 19.1 Å². The molecular weight excluding hydrogens is 500 g/mol. The normalized spacial score (nSPS) is 11.4. The van der Waals surface area contributed by atoms with E-state index >= 15 is 0 Å². The van der Waals surface area contributed by atoms with E-state index in [4.69, 9.17) is 11.6 Å². The van der Waals surface area contributed by atoms with E-state index in [1.165, 1.54) is 36.0 Å². The molecule has 186 valence electrons. The van der Waals surface area contributed by atoms with Gasteiger partial charge in [0.1, 0.15) is 5.69 Å². The number of benzene rings is 3. The lowest BCUT2D eigenvalue weighted by molar-refractivity contribution is 0.102. The summed E-state index contributed by atoms with van der Waals surface area (Å²) in [5.74, 6) is -0.511. The number of hydrogen-bond donors (Lipinski definition) is 1. The minimum absolute atomic E-state index is 0.0163. The minimum atomic E-state index is -4.16. The van der Waals surface area contributed by atoms with Crippen LogP contribution in [-0.4, -0.2) is 30.7 Å². The molecule has 0 saturated heterocycles. The Kier molecular flexibility index (Phi) is 6.79. The number of hydrogen-bond acceptors (Lipinski definition) is 4. The van der Waals surface area contributed by atoms with Crippen LogP contribution in [-0.2, 0) is 17.1 Å². The number of aryl methyl sites for hydroxylation is 1. The van der Waals surface area contributed by atoms with Crippen molar-refractivity contribution < 1.29 is 13.2 Å². The molecule has 0 unspecified atom stereocenters. The van der Waals surface area contributed by atoms with Crippen molar-refractivity contribution in [3.8, 4) is 5.69 Å². The van der Waals surface area contributed by atoms with Crippen molar-refractivity contribution in [2.24, 2.45) is 7.05 Å². The summed E-state index contributed by atoms with van der Waals surface area (Å²) in [4.78, 5) is 26.0. The summed E-state index contributed by atoms with van der Waals surface area (Å²) in [5, 5.41) is 3.08. The van der Waals surface area contributed by atoms with Crippen molar-refractivity contribution in [3.63, 3.8) is 0 Å². The Morgan fingerprint density at radius 2 is 1.67 bits per heavy atom. The van der Waals surface area contributed by atoms with Gasteiger partial charge < -0.3 is 5.32 Å². The molecule has 36 heavy (non-hydrogen) atoms. The molecule has 4 aromatic rings. The van der Waals surface area contributed by atoms with Gasteiger partial charge in [-0.3, -0.25) is 18.6 Å². The molecule has 0 aliphatic rings. The van der Waals surface area contributed by atoms with Crippen molar-refractivity contribution in [1.82, 2.24) is 9.36 Å². The molecule has 1 heterocycles. The van der Waals surface area contributed by atoms with Gasteiger partial charge >= 0.3 is 0 Å². The van der Waals surface area contributed by atoms with Crippen molar-refractivity contribution >= 4 is 38.9 Å². The molecule has 0 aliphatic heterocycles. The van der Waals surface area contributed by atoms with E-state index in [0.29, 0.717) is 22.1 Å². The van der Waals surface area contributed by atoms with Gasteiger partial charge in [0.05, 0.1) is 27.0 Å². The Labute approximate surface area is 214 Å². The van der Waals surface area contributed by atoms with Gasteiger partial charge in [0.2, 0.25) is 0 Å². The number of halogens is 1. The summed E-state index contributed by atoms with van der Waals surface area (Å²) >= 11 is 6.21. The third-order valence-corrected chi connectivity index (χ3v) is 8.03. The summed E-state index contributed by atoms with van der Waals surface area (Å²) in [6, 6.07) is 19.8. The van der Waals surface area contributed by atoms with Gasteiger partial charge in [0.25, 0.3) is 21.5 Å². The molecule has 8 nitrogen and oxygen atoms in total. The highest BCUT2D eigenvalue weighted by Gasteiger charge is 2.29. The second kappa shape index (κ2) is 9.67. The Bertz CT molecular complexity index is 1630. The first-order chi connectivity index (χ1) is 17.0. The average Bonchev–Trinajstić information content (AvgIpc) is 3.08. The Hall–Kier alpha value is -3.82. The summed E-state index contributed by atoms with van der Waals surface area (Å²) in [6.45, 7) is 3.56. The van der Waals surface area contributed by atoms with E-state index in [1.54, 1.807) is 55.1 Å². The molecule has 0 atom stereocenters. The molecule has 0 radical (unpaired) electrons. The van der Waals surface area contributed by atoms with Crippen LogP contribution in [0.25, 0.3) is 5.69 Å². The predicted octanol–water partition coefficient (Wildman–Crippen LogP) is 4.52. The molecule has 0 saturated carbocycles. The largest absolute Gasteiger partial charge is 0.321 e. The maximum absolute atomic E-state index is 13.5. The van der Waals surface area contributed by atoms with Gasteiger partial charge in [0.15, 0.2) is 0 Å². The van der Waals surface area contributed by atoms with E-state index in [2.05, 4.69) is 5.32 Å². The number of carbonyl (C=O) groups is 1. The monoisotopic (exact) mass is 524 g/mol. The quantitative estimate of drug-likeness (QED) is 0.401. The zero-order chi connectivity index (χ0) is 26.2. The highest BCUT2D eigenvalue weighted by atomic mass is 35.5. The van der Waals surface area contributed by atoms with E-state index in [-0.39, 0.29) is 16.1 Å². The Morgan fingerprint density at radius 3 is 2.33 bits per heavy atom. The second-order valence-corrected chi connectivity index (χ2v) is 10.7. The highest BCUT2D eigenvalue weighted by Crippen LogP contribution is 2.26. The minimum Gasteiger partial charge on any atom is -0.321 e. The van der Waals surface area contributed by atoms with Crippen LogP contribution in [0.3, 0.4) is 0 Å². The summed E-state index contributed by atoms with van der Waals surface area (Å²) in [6.07, 6.45) is 0. The lowest BCUT2D eigenvalue weighted by Crippen LogP contribution is -2.32. The summed E-state index contributed by atoms with van der Waals surface area (Å²) in [5.41, 5.74) is 2.11. The van der Waals surface area contributed by atoms with Crippen LogP contribution >= 0.6 is 11.6 Å². The number of amides is 1. The lowest BCUT2D eigenvalue weighted by Gasteiger charge is -2.18. The van der Waals surface area contributed by atoms with E-state index in [0.717, 1.165) is 9.87 Å². The first-order valence-electron chi connectivity index (χ1n) is 11.0. The molecule has 0 fully saturated rings.